The Bertz CT molecular complexity index is 836. The summed E-state index contributed by atoms with van der Waals surface area (Å²) in [6, 6.07) is 15.8. The number of rotatable bonds is 7. The third kappa shape index (κ3) is 5.17. The zero-order valence-electron chi connectivity index (χ0n) is 17.6. The maximum absolute atomic E-state index is 13.3. The smallest absolute Gasteiger partial charge is 0.185 e. The second-order valence-corrected chi connectivity index (χ2v) is 7.29. The lowest BCUT2D eigenvalue weighted by atomic mass is 9.78. The molecule has 0 saturated heterocycles. The van der Waals surface area contributed by atoms with Crippen molar-refractivity contribution in [2.45, 2.75) is 40.0 Å². The minimum atomic E-state index is 0.132. The third-order valence-corrected chi connectivity index (χ3v) is 5.27. The highest BCUT2D eigenvalue weighted by molar-refractivity contribution is 6.14. The summed E-state index contributed by atoms with van der Waals surface area (Å²) < 4.78 is 11.5. The van der Waals surface area contributed by atoms with E-state index in [1.807, 2.05) is 74.5 Å². The molecule has 1 saturated carbocycles. The van der Waals surface area contributed by atoms with E-state index in [2.05, 4.69) is 6.92 Å². The van der Waals surface area contributed by atoms with Crippen molar-refractivity contribution in [2.75, 3.05) is 13.2 Å². The van der Waals surface area contributed by atoms with Crippen LogP contribution in [-0.4, -0.2) is 19.0 Å². The van der Waals surface area contributed by atoms with E-state index in [1.54, 1.807) is 0 Å². The maximum Gasteiger partial charge on any atom is 0.185 e. The molecule has 0 aliphatic heterocycles. The molecular weight excluding hydrogens is 360 g/mol. The van der Waals surface area contributed by atoms with Gasteiger partial charge in [0.2, 0.25) is 0 Å². The number of ether oxygens (including phenoxy) is 2. The zero-order valence-corrected chi connectivity index (χ0v) is 17.6. The van der Waals surface area contributed by atoms with Gasteiger partial charge in [0.1, 0.15) is 11.5 Å². The Kier molecular flexibility index (Phi) is 7.29. The fraction of sp³-hybridized carbons (Fsp3) is 0.346. The number of para-hydroxylation sites is 2. The highest BCUT2D eigenvalue weighted by Crippen LogP contribution is 2.36. The van der Waals surface area contributed by atoms with Gasteiger partial charge in [0.05, 0.1) is 13.2 Å². The fourth-order valence-electron chi connectivity index (χ4n) is 3.77. The second-order valence-electron chi connectivity index (χ2n) is 7.29. The number of hydrogen-bond donors (Lipinski definition) is 0. The van der Waals surface area contributed by atoms with Crippen molar-refractivity contribution in [3.8, 4) is 11.5 Å². The van der Waals surface area contributed by atoms with Gasteiger partial charge in [0, 0.05) is 22.3 Å². The van der Waals surface area contributed by atoms with Gasteiger partial charge in [0.15, 0.2) is 5.78 Å². The first kappa shape index (κ1) is 20.9. The molecule has 3 nitrogen and oxygen atoms in total. The van der Waals surface area contributed by atoms with Crippen LogP contribution < -0.4 is 9.47 Å². The summed E-state index contributed by atoms with van der Waals surface area (Å²) in [5.74, 6) is 2.23. The summed E-state index contributed by atoms with van der Waals surface area (Å²) in [7, 11) is 0. The lowest BCUT2D eigenvalue weighted by Gasteiger charge is -2.25. The summed E-state index contributed by atoms with van der Waals surface area (Å²) in [5, 5.41) is 0. The molecule has 0 atom stereocenters. The highest BCUT2D eigenvalue weighted by Gasteiger charge is 2.27. The average molecular weight is 391 g/mol. The molecule has 0 N–H and O–H groups in total. The summed E-state index contributed by atoms with van der Waals surface area (Å²) >= 11 is 0. The van der Waals surface area contributed by atoms with Crippen molar-refractivity contribution < 1.29 is 14.3 Å². The molecule has 0 radical (unpaired) electrons. The van der Waals surface area contributed by atoms with Gasteiger partial charge in [-0.3, -0.25) is 4.79 Å². The van der Waals surface area contributed by atoms with Crippen LogP contribution >= 0.6 is 0 Å². The SMILES string of the molecule is CCOc1ccccc1/C=C1\CC(CC)C/C(=C\c2ccccc2OCC)C1=O. The van der Waals surface area contributed by atoms with Crippen LogP contribution in [0, 0.1) is 5.92 Å². The van der Waals surface area contributed by atoms with E-state index in [9.17, 15) is 4.79 Å². The van der Waals surface area contributed by atoms with Crippen molar-refractivity contribution >= 4 is 17.9 Å². The quantitative estimate of drug-likeness (QED) is 0.518. The number of hydrogen-bond acceptors (Lipinski definition) is 3. The lowest BCUT2D eigenvalue weighted by Crippen LogP contribution is -2.19. The standard InChI is InChI=1S/C26H30O3/c1-4-19-15-22(17-20-11-7-9-13-24(20)28-5-2)26(27)23(16-19)18-21-12-8-10-14-25(21)29-6-3/h7-14,17-19H,4-6,15-16H2,1-3H3/b22-17+,23-18+. The minimum absolute atomic E-state index is 0.132. The highest BCUT2D eigenvalue weighted by atomic mass is 16.5. The van der Waals surface area contributed by atoms with Crippen LogP contribution in [0.3, 0.4) is 0 Å². The van der Waals surface area contributed by atoms with Crippen molar-refractivity contribution in [1.82, 2.24) is 0 Å². The van der Waals surface area contributed by atoms with E-state index in [4.69, 9.17) is 9.47 Å². The molecule has 3 heteroatoms. The van der Waals surface area contributed by atoms with Gasteiger partial charge >= 0.3 is 0 Å². The average Bonchev–Trinajstić information content (AvgIpc) is 2.74. The van der Waals surface area contributed by atoms with Gasteiger partial charge in [-0.1, -0.05) is 49.7 Å². The largest absolute Gasteiger partial charge is 0.493 e. The molecule has 1 aliphatic rings. The summed E-state index contributed by atoms with van der Waals surface area (Å²) in [4.78, 5) is 13.3. The van der Waals surface area contributed by atoms with Gasteiger partial charge in [-0.15, -0.1) is 0 Å². The number of allylic oxidation sites excluding steroid dienone is 2. The predicted octanol–water partition coefficient (Wildman–Crippen LogP) is 6.34. The molecule has 1 aliphatic carbocycles. The van der Waals surface area contributed by atoms with E-state index >= 15 is 0 Å². The first-order chi connectivity index (χ1) is 14.2. The molecule has 1 fully saturated rings. The van der Waals surface area contributed by atoms with E-state index in [1.165, 1.54) is 0 Å². The topological polar surface area (TPSA) is 35.5 Å². The van der Waals surface area contributed by atoms with E-state index in [-0.39, 0.29) is 5.78 Å². The Morgan fingerprint density at radius 1 is 0.793 bits per heavy atom. The lowest BCUT2D eigenvalue weighted by molar-refractivity contribution is -0.113. The summed E-state index contributed by atoms with van der Waals surface area (Å²) in [5.41, 5.74) is 3.64. The molecule has 3 rings (SSSR count). The molecule has 2 aromatic rings. The van der Waals surface area contributed by atoms with E-state index in [0.717, 1.165) is 53.0 Å². The predicted molar refractivity (Wildman–Crippen MR) is 119 cm³/mol. The fourth-order valence-corrected chi connectivity index (χ4v) is 3.77. The number of carbonyl (C=O) groups is 1. The molecule has 0 heterocycles. The maximum atomic E-state index is 13.3. The van der Waals surface area contributed by atoms with E-state index in [0.29, 0.717) is 19.1 Å². The molecule has 0 aromatic heterocycles. The van der Waals surface area contributed by atoms with Crippen molar-refractivity contribution in [3.63, 3.8) is 0 Å². The van der Waals surface area contributed by atoms with Crippen molar-refractivity contribution in [3.05, 3.63) is 70.8 Å². The van der Waals surface area contributed by atoms with Crippen LogP contribution in [0.5, 0.6) is 11.5 Å². The number of ketones is 1. The first-order valence-electron chi connectivity index (χ1n) is 10.6. The Balaban J connectivity index is 1.98. The van der Waals surface area contributed by atoms with Gasteiger partial charge in [-0.25, -0.2) is 0 Å². The van der Waals surface area contributed by atoms with Gasteiger partial charge in [0.25, 0.3) is 0 Å². The molecule has 2 aromatic carbocycles. The third-order valence-electron chi connectivity index (χ3n) is 5.27. The van der Waals surface area contributed by atoms with Crippen LogP contribution in [0.25, 0.3) is 12.2 Å². The first-order valence-corrected chi connectivity index (χ1v) is 10.6. The van der Waals surface area contributed by atoms with Crippen molar-refractivity contribution in [2.24, 2.45) is 5.92 Å². The Morgan fingerprint density at radius 3 is 1.66 bits per heavy atom. The van der Waals surface area contributed by atoms with Gasteiger partial charge < -0.3 is 9.47 Å². The molecule has 0 amide bonds. The van der Waals surface area contributed by atoms with Crippen LogP contribution in [0.2, 0.25) is 0 Å². The van der Waals surface area contributed by atoms with Crippen LogP contribution in [0.4, 0.5) is 0 Å². The van der Waals surface area contributed by atoms with E-state index < -0.39 is 0 Å². The molecule has 0 spiro atoms. The summed E-state index contributed by atoms with van der Waals surface area (Å²) in [6.07, 6.45) is 6.68. The van der Waals surface area contributed by atoms with Crippen molar-refractivity contribution in [1.29, 1.82) is 0 Å². The number of Topliss-reactive ketones (excluding diaryl/α,β-unsaturated/α-hetero) is 1. The molecule has 152 valence electrons. The van der Waals surface area contributed by atoms with Gasteiger partial charge in [-0.2, -0.15) is 0 Å². The monoisotopic (exact) mass is 390 g/mol. The zero-order chi connectivity index (χ0) is 20.6. The Labute approximate surface area is 174 Å². The number of carbonyl (C=O) groups excluding carboxylic acids is 1. The second kappa shape index (κ2) is 10.1. The summed E-state index contributed by atoms with van der Waals surface area (Å²) in [6.45, 7) is 7.34. The van der Waals surface area contributed by atoms with Crippen LogP contribution in [0.15, 0.2) is 59.7 Å². The van der Waals surface area contributed by atoms with Crippen LogP contribution in [0.1, 0.15) is 51.2 Å². The molecule has 0 bridgehead atoms. The molecule has 29 heavy (non-hydrogen) atoms. The number of benzene rings is 2. The normalized spacial score (nSPS) is 19.6. The van der Waals surface area contributed by atoms with Gasteiger partial charge in [-0.05, 0) is 56.9 Å². The minimum Gasteiger partial charge on any atom is -0.493 e. The molecule has 0 unspecified atom stereocenters. The molecular formula is C26H30O3. The Hall–Kier alpha value is -2.81. The van der Waals surface area contributed by atoms with Crippen LogP contribution in [-0.2, 0) is 4.79 Å². The Morgan fingerprint density at radius 2 is 1.24 bits per heavy atom.